The predicted molar refractivity (Wildman–Crippen MR) is 110 cm³/mol. The second-order valence-electron chi connectivity index (χ2n) is 8.06. The number of nitrogens with zero attached hydrogens (tertiary/aromatic N) is 4. The molecular weight excluding hydrogens is 428 g/mol. The molecule has 2 fully saturated rings. The van der Waals surface area contributed by atoms with Crippen molar-refractivity contribution in [1.82, 2.24) is 19.5 Å². The Hall–Kier alpha value is -1.90. The predicted octanol–water partition coefficient (Wildman–Crippen LogP) is 0.190. The van der Waals surface area contributed by atoms with Crippen LogP contribution in [-0.4, -0.2) is 69.1 Å². The fourth-order valence-corrected chi connectivity index (χ4v) is 4.52. The molecule has 2 aromatic rings. The number of fused-ring (bicyclic) bond motifs is 1. The molecule has 2 aliphatic rings. The van der Waals surface area contributed by atoms with Crippen LogP contribution in [0, 0.1) is 0 Å². The molecule has 0 aromatic carbocycles. The molecule has 4 atom stereocenters. The van der Waals surface area contributed by atoms with E-state index in [1.807, 2.05) is 0 Å². The molecule has 5 N–H and O–H groups in total. The summed E-state index contributed by atoms with van der Waals surface area (Å²) in [5, 5.41) is 29.0. The van der Waals surface area contributed by atoms with Gasteiger partial charge in [-0.2, -0.15) is 8.42 Å². The van der Waals surface area contributed by atoms with Crippen LogP contribution >= 0.6 is 0 Å². The molecule has 13 heteroatoms. The number of anilines is 1. The van der Waals surface area contributed by atoms with Gasteiger partial charge >= 0.3 is 10.3 Å². The molecule has 12 nitrogen and oxygen atoms in total. The third-order valence-corrected chi connectivity index (χ3v) is 6.28. The van der Waals surface area contributed by atoms with Crippen molar-refractivity contribution in [3.05, 3.63) is 12.7 Å². The van der Waals surface area contributed by atoms with Crippen LogP contribution in [-0.2, 0) is 19.2 Å². The summed E-state index contributed by atoms with van der Waals surface area (Å²) in [6.45, 7) is -0.524. The summed E-state index contributed by atoms with van der Waals surface area (Å²) in [5.41, 5.74) is 0.951. The second kappa shape index (κ2) is 9.30. The Labute approximate surface area is 180 Å². The summed E-state index contributed by atoms with van der Waals surface area (Å²) < 4.78 is 33.7. The number of hydrogen-bond acceptors (Lipinski definition) is 10. The van der Waals surface area contributed by atoms with E-state index in [1.165, 1.54) is 49.3 Å². The molecule has 0 radical (unpaired) electrons. The summed E-state index contributed by atoms with van der Waals surface area (Å²) >= 11 is 0. The number of aliphatic hydroxyl groups is 2. The average Bonchev–Trinajstić information content (AvgIpc) is 3.24. The highest BCUT2D eigenvalue weighted by Crippen LogP contribution is 2.33. The third-order valence-electron chi connectivity index (χ3n) is 5.81. The second-order valence-corrected chi connectivity index (χ2v) is 9.28. The van der Waals surface area contributed by atoms with E-state index in [0.717, 1.165) is 12.8 Å². The van der Waals surface area contributed by atoms with Crippen LogP contribution in [0.5, 0.6) is 0 Å². The van der Waals surface area contributed by atoms with Crippen LogP contribution in [0.25, 0.3) is 11.2 Å². The van der Waals surface area contributed by atoms with Crippen molar-refractivity contribution in [3.63, 3.8) is 0 Å². The smallest absolute Gasteiger partial charge is 0.333 e. The van der Waals surface area contributed by atoms with Gasteiger partial charge in [0.05, 0.1) is 12.9 Å². The van der Waals surface area contributed by atoms with E-state index in [4.69, 9.17) is 9.88 Å². The van der Waals surface area contributed by atoms with Gasteiger partial charge in [-0.15, -0.1) is 0 Å². The van der Waals surface area contributed by atoms with E-state index in [0.29, 0.717) is 23.0 Å². The van der Waals surface area contributed by atoms with Gasteiger partial charge in [0.1, 0.15) is 24.6 Å². The van der Waals surface area contributed by atoms with Gasteiger partial charge in [0.15, 0.2) is 23.2 Å². The Balaban J connectivity index is 1.53. The lowest BCUT2D eigenvalue weighted by Gasteiger charge is -2.21. The Bertz CT molecular complexity index is 993. The number of ether oxygens (including phenoxy) is 1. The van der Waals surface area contributed by atoms with Gasteiger partial charge in [0.2, 0.25) is 0 Å². The SMILES string of the molecule is NS(=O)(=O)OC[C@H]1O[C@@H](n2cnc3c(NC4CCCCCCC4)ncnc32)[C@H](O)[C@@H]1O. The fraction of sp³-hybridized carbons (Fsp3) is 0.722. The van der Waals surface area contributed by atoms with Gasteiger partial charge in [0, 0.05) is 6.04 Å². The van der Waals surface area contributed by atoms with Gasteiger partial charge in [0.25, 0.3) is 0 Å². The topological polar surface area (TPSA) is 175 Å². The lowest BCUT2D eigenvalue weighted by Crippen LogP contribution is -2.35. The number of nitrogens with two attached hydrogens (primary N) is 1. The van der Waals surface area contributed by atoms with Gasteiger partial charge in [-0.3, -0.25) is 8.75 Å². The Morgan fingerprint density at radius 1 is 1.13 bits per heavy atom. The first-order valence-electron chi connectivity index (χ1n) is 10.5. The Morgan fingerprint density at radius 2 is 1.84 bits per heavy atom. The van der Waals surface area contributed by atoms with Crippen molar-refractivity contribution in [1.29, 1.82) is 0 Å². The standard InChI is InChI=1S/C18H28N6O6S/c19-31(27,28)29-8-12-14(25)15(26)18(30-12)24-10-22-13-16(20-9-21-17(13)24)23-11-6-4-2-1-3-5-7-11/h9-12,14-15,18,25-26H,1-8H2,(H2,19,27,28)(H,20,21,23)/t12-,14-,15-,18-/m1/s1. The summed E-state index contributed by atoms with van der Waals surface area (Å²) in [7, 11) is -4.20. The average molecular weight is 457 g/mol. The molecule has 1 aliphatic carbocycles. The lowest BCUT2D eigenvalue weighted by atomic mass is 9.97. The van der Waals surface area contributed by atoms with E-state index in [2.05, 4.69) is 24.5 Å². The normalized spacial score (nSPS) is 28.5. The molecule has 1 saturated carbocycles. The molecular formula is C18H28N6O6S. The fourth-order valence-electron chi connectivity index (χ4n) is 4.20. The molecule has 0 bridgehead atoms. The molecule has 1 saturated heterocycles. The molecule has 4 rings (SSSR count). The summed E-state index contributed by atoms with van der Waals surface area (Å²) in [6, 6.07) is 0.304. The minimum atomic E-state index is -4.20. The summed E-state index contributed by atoms with van der Waals surface area (Å²) in [4.78, 5) is 13.0. The highest BCUT2D eigenvalue weighted by Gasteiger charge is 2.45. The molecule has 0 amide bonds. The maximum Gasteiger partial charge on any atom is 0.333 e. The highest BCUT2D eigenvalue weighted by molar-refractivity contribution is 7.84. The first-order chi connectivity index (χ1) is 14.8. The highest BCUT2D eigenvalue weighted by atomic mass is 32.2. The molecule has 2 aromatic heterocycles. The number of aliphatic hydroxyl groups excluding tert-OH is 2. The number of rotatable bonds is 6. The molecule has 3 heterocycles. The largest absolute Gasteiger partial charge is 0.387 e. The third kappa shape index (κ3) is 5.13. The minimum absolute atomic E-state index is 0.304. The van der Waals surface area contributed by atoms with E-state index >= 15 is 0 Å². The number of hydrogen-bond donors (Lipinski definition) is 4. The van der Waals surface area contributed by atoms with Crippen molar-refractivity contribution < 1.29 is 27.6 Å². The molecule has 31 heavy (non-hydrogen) atoms. The van der Waals surface area contributed by atoms with E-state index in [9.17, 15) is 18.6 Å². The maximum atomic E-state index is 11.0. The zero-order valence-electron chi connectivity index (χ0n) is 17.0. The summed E-state index contributed by atoms with van der Waals surface area (Å²) in [5.74, 6) is 0.608. The van der Waals surface area contributed by atoms with Crippen molar-refractivity contribution in [3.8, 4) is 0 Å². The molecule has 172 valence electrons. The van der Waals surface area contributed by atoms with Crippen LogP contribution in [0.2, 0.25) is 0 Å². The minimum Gasteiger partial charge on any atom is -0.387 e. The lowest BCUT2D eigenvalue weighted by molar-refractivity contribution is -0.0467. The monoisotopic (exact) mass is 456 g/mol. The first-order valence-corrected chi connectivity index (χ1v) is 11.9. The van der Waals surface area contributed by atoms with Crippen LogP contribution in [0.4, 0.5) is 5.82 Å². The quantitative estimate of drug-likeness (QED) is 0.469. The number of nitrogens with one attached hydrogen (secondary N) is 1. The van der Waals surface area contributed by atoms with Crippen molar-refractivity contribution in [2.24, 2.45) is 5.14 Å². The van der Waals surface area contributed by atoms with Crippen LogP contribution in [0.1, 0.15) is 51.2 Å². The van der Waals surface area contributed by atoms with Gasteiger partial charge in [-0.05, 0) is 12.8 Å². The van der Waals surface area contributed by atoms with Crippen molar-refractivity contribution in [2.75, 3.05) is 11.9 Å². The summed E-state index contributed by atoms with van der Waals surface area (Å²) in [6.07, 6.45) is 6.24. The molecule has 1 aliphatic heterocycles. The zero-order chi connectivity index (χ0) is 22.0. The maximum absolute atomic E-state index is 11.0. The van der Waals surface area contributed by atoms with Crippen molar-refractivity contribution >= 4 is 27.3 Å². The Morgan fingerprint density at radius 3 is 2.55 bits per heavy atom. The van der Waals surface area contributed by atoms with Crippen molar-refractivity contribution in [2.45, 2.75) is 75.5 Å². The zero-order valence-corrected chi connectivity index (χ0v) is 17.8. The first kappa shape index (κ1) is 22.3. The number of aromatic nitrogens is 4. The molecule has 0 spiro atoms. The van der Waals surface area contributed by atoms with Crippen LogP contribution in [0.15, 0.2) is 12.7 Å². The Kier molecular flexibility index (Phi) is 6.69. The van der Waals surface area contributed by atoms with E-state index < -0.39 is 41.5 Å². The molecule has 0 unspecified atom stereocenters. The van der Waals surface area contributed by atoms with Crippen LogP contribution < -0.4 is 10.5 Å². The van der Waals surface area contributed by atoms with E-state index in [1.54, 1.807) is 0 Å². The number of imidazole rings is 1. The van der Waals surface area contributed by atoms with Gasteiger partial charge in [-0.25, -0.2) is 20.1 Å². The van der Waals surface area contributed by atoms with Gasteiger partial charge < -0.3 is 20.3 Å². The van der Waals surface area contributed by atoms with E-state index in [-0.39, 0.29) is 0 Å². The van der Waals surface area contributed by atoms with Crippen LogP contribution in [0.3, 0.4) is 0 Å². The van der Waals surface area contributed by atoms with Gasteiger partial charge in [-0.1, -0.05) is 32.1 Å².